The Kier molecular flexibility index (Phi) is 8.20. The first-order valence-corrected chi connectivity index (χ1v) is 10.5. The fourth-order valence-electron chi connectivity index (χ4n) is 3.62. The van der Waals surface area contributed by atoms with Crippen LogP contribution in [0.5, 0.6) is 11.5 Å². The van der Waals surface area contributed by atoms with Gasteiger partial charge in [-0.2, -0.15) is 0 Å². The molecule has 2 amide bonds. The summed E-state index contributed by atoms with van der Waals surface area (Å²) in [6.07, 6.45) is 2.15. The summed E-state index contributed by atoms with van der Waals surface area (Å²) in [7, 11) is 1.73. The van der Waals surface area contributed by atoms with Gasteiger partial charge in [-0.1, -0.05) is 24.3 Å². The van der Waals surface area contributed by atoms with Crippen LogP contribution in [0.15, 0.2) is 48.5 Å². The quantitative estimate of drug-likeness (QED) is 0.587. The molecule has 1 fully saturated rings. The normalized spacial score (nSPS) is 14.4. The minimum absolute atomic E-state index is 0.430. The lowest BCUT2D eigenvalue weighted by Gasteiger charge is -2.36. The number of hydrogen-bond acceptors (Lipinski definition) is 5. The first-order chi connectivity index (χ1) is 14.7. The summed E-state index contributed by atoms with van der Waals surface area (Å²) in [6.45, 7) is 6.42. The number of anilines is 1. The molecule has 7 heteroatoms. The molecule has 3 rings (SSSR count). The van der Waals surface area contributed by atoms with Crippen LogP contribution in [0.3, 0.4) is 0 Å². The molecule has 3 N–H and O–H groups in total. The Labute approximate surface area is 178 Å². The number of ether oxygens (including phenoxy) is 2. The molecule has 0 aromatic heterocycles. The van der Waals surface area contributed by atoms with Crippen molar-refractivity contribution in [3.8, 4) is 11.5 Å². The van der Waals surface area contributed by atoms with Crippen molar-refractivity contribution in [1.29, 1.82) is 0 Å². The monoisotopic (exact) mass is 412 g/mol. The van der Waals surface area contributed by atoms with Gasteiger partial charge in [0.1, 0.15) is 11.5 Å². The van der Waals surface area contributed by atoms with E-state index in [2.05, 4.69) is 27.2 Å². The van der Waals surface area contributed by atoms with Crippen LogP contribution in [-0.2, 0) is 6.54 Å². The van der Waals surface area contributed by atoms with Gasteiger partial charge in [0.2, 0.25) is 0 Å². The second-order valence-corrected chi connectivity index (χ2v) is 7.42. The van der Waals surface area contributed by atoms with E-state index in [1.54, 1.807) is 7.11 Å². The molecule has 2 aromatic carbocycles. The van der Waals surface area contributed by atoms with Crippen molar-refractivity contribution >= 4 is 11.7 Å². The third-order valence-corrected chi connectivity index (χ3v) is 5.33. The highest BCUT2D eigenvalue weighted by atomic mass is 16.5. The van der Waals surface area contributed by atoms with E-state index >= 15 is 0 Å². The summed E-state index contributed by atoms with van der Waals surface area (Å²) in [5.74, 6) is 1.79. The van der Waals surface area contributed by atoms with Crippen molar-refractivity contribution in [2.75, 3.05) is 51.3 Å². The summed E-state index contributed by atoms with van der Waals surface area (Å²) in [6, 6.07) is 15.4. The number of hydrogen-bond donors (Lipinski definition) is 2. The molecule has 0 aliphatic carbocycles. The standard InChI is InChI=1S/C23H32N4O3/c1-29-22-7-3-2-6-21(22)27-15-13-26(14-16-27)12-4-5-17-30-20-10-8-19(9-11-20)18-25-23(24)28/h2-3,6-11H,4-5,12-18H2,1H3,(H3,24,25,28). The van der Waals surface area contributed by atoms with Crippen LogP contribution in [0.25, 0.3) is 0 Å². The van der Waals surface area contributed by atoms with Crippen LogP contribution in [0.2, 0.25) is 0 Å². The number of piperazine rings is 1. The van der Waals surface area contributed by atoms with Gasteiger partial charge in [0, 0.05) is 32.7 Å². The number of urea groups is 1. The number of carbonyl (C=O) groups is 1. The van der Waals surface area contributed by atoms with Crippen molar-refractivity contribution < 1.29 is 14.3 Å². The van der Waals surface area contributed by atoms with E-state index in [4.69, 9.17) is 15.2 Å². The number of carbonyl (C=O) groups excluding carboxylic acids is 1. The second kappa shape index (κ2) is 11.3. The van der Waals surface area contributed by atoms with E-state index in [0.717, 1.165) is 62.6 Å². The number of unbranched alkanes of at least 4 members (excludes halogenated alkanes) is 1. The molecule has 1 aliphatic heterocycles. The first-order valence-electron chi connectivity index (χ1n) is 10.5. The molecular formula is C23H32N4O3. The lowest BCUT2D eigenvalue weighted by molar-refractivity contribution is 0.238. The smallest absolute Gasteiger partial charge is 0.312 e. The number of nitrogens with two attached hydrogens (primary N) is 1. The Hall–Kier alpha value is -2.93. The maximum atomic E-state index is 10.7. The van der Waals surface area contributed by atoms with Crippen molar-refractivity contribution in [3.63, 3.8) is 0 Å². The maximum Gasteiger partial charge on any atom is 0.312 e. The maximum absolute atomic E-state index is 10.7. The number of benzene rings is 2. The van der Waals surface area contributed by atoms with Crippen LogP contribution >= 0.6 is 0 Å². The summed E-state index contributed by atoms with van der Waals surface area (Å²) in [5.41, 5.74) is 7.26. The van der Waals surface area contributed by atoms with Crippen LogP contribution in [0.4, 0.5) is 10.5 Å². The molecule has 1 heterocycles. The molecule has 1 aliphatic rings. The number of amides is 2. The number of rotatable bonds is 10. The molecule has 1 saturated heterocycles. The minimum Gasteiger partial charge on any atom is -0.495 e. The highest BCUT2D eigenvalue weighted by molar-refractivity contribution is 5.71. The molecule has 0 radical (unpaired) electrons. The third kappa shape index (κ3) is 6.56. The highest BCUT2D eigenvalue weighted by Crippen LogP contribution is 2.28. The van der Waals surface area contributed by atoms with Gasteiger partial charge in [-0.15, -0.1) is 0 Å². The first kappa shape index (κ1) is 21.8. The average molecular weight is 413 g/mol. The van der Waals surface area contributed by atoms with Gasteiger partial charge >= 0.3 is 6.03 Å². The number of primary amides is 1. The Morgan fingerprint density at radius 2 is 1.77 bits per heavy atom. The predicted molar refractivity (Wildman–Crippen MR) is 119 cm³/mol. The fourth-order valence-corrected chi connectivity index (χ4v) is 3.62. The molecule has 0 spiro atoms. The summed E-state index contributed by atoms with van der Waals surface area (Å²) in [4.78, 5) is 15.7. The lowest BCUT2D eigenvalue weighted by Crippen LogP contribution is -2.46. The van der Waals surface area contributed by atoms with Gasteiger partial charge in [-0.3, -0.25) is 4.90 Å². The zero-order chi connectivity index (χ0) is 21.2. The minimum atomic E-state index is -0.517. The van der Waals surface area contributed by atoms with Gasteiger partial charge < -0.3 is 25.4 Å². The van der Waals surface area contributed by atoms with Crippen molar-refractivity contribution in [3.05, 3.63) is 54.1 Å². The molecule has 2 aromatic rings. The van der Waals surface area contributed by atoms with Crippen molar-refractivity contribution in [2.45, 2.75) is 19.4 Å². The van der Waals surface area contributed by atoms with Gasteiger partial charge in [0.05, 0.1) is 19.4 Å². The van der Waals surface area contributed by atoms with Gasteiger partial charge in [0.25, 0.3) is 0 Å². The van der Waals surface area contributed by atoms with Crippen LogP contribution < -0.4 is 25.4 Å². The molecule has 0 saturated carbocycles. The summed E-state index contributed by atoms with van der Waals surface area (Å²) < 4.78 is 11.3. The molecular weight excluding hydrogens is 380 g/mol. The second-order valence-electron chi connectivity index (χ2n) is 7.42. The van der Waals surface area contributed by atoms with E-state index in [1.165, 1.54) is 5.69 Å². The number of nitrogens with one attached hydrogen (secondary N) is 1. The molecule has 7 nitrogen and oxygen atoms in total. The topological polar surface area (TPSA) is 80.1 Å². The molecule has 162 valence electrons. The van der Waals surface area contributed by atoms with E-state index in [1.807, 2.05) is 36.4 Å². The lowest BCUT2D eigenvalue weighted by atomic mass is 10.2. The van der Waals surface area contributed by atoms with Crippen molar-refractivity contribution in [1.82, 2.24) is 10.2 Å². The summed E-state index contributed by atoms with van der Waals surface area (Å²) >= 11 is 0. The van der Waals surface area contributed by atoms with E-state index in [0.29, 0.717) is 13.2 Å². The Bertz CT molecular complexity index is 789. The summed E-state index contributed by atoms with van der Waals surface area (Å²) in [5, 5.41) is 2.57. The van der Waals surface area contributed by atoms with Crippen LogP contribution in [-0.4, -0.2) is 57.4 Å². The van der Waals surface area contributed by atoms with E-state index < -0.39 is 6.03 Å². The van der Waals surface area contributed by atoms with Gasteiger partial charge in [0.15, 0.2) is 0 Å². The Morgan fingerprint density at radius 1 is 1.03 bits per heavy atom. The highest BCUT2D eigenvalue weighted by Gasteiger charge is 2.18. The fraction of sp³-hybridized carbons (Fsp3) is 0.435. The SMILES string of the molecule is COc1ccccc1N1CCN(CCCCOc2ccc(CNC(N)=O)cc2)CC1. The average Bonchev–Trinajstić information content (AvgIpc) is 2.78. The van der Waals surface area contributed by atoms with Gasteiger partial charge in [-0.05, 0) is 49.2 Å². The zero-order valence-electron chi connectivity index (χ0n) is 17.7. The molecule has 30 heavy (non-hydrogen) atoms. The number of methoxy groups -OCH3 is 1. The Morgan fingerprint density at radius 3 is 2.47 bits per heavy atom. The molecule has 0 bridgehead atoms. The van der Waals surface area contributed by atoms with E-state index in [-0.39, 0.29) is 0 Å². The third-order valence-electron chi connectivity index (χ3n) is 5.33. The molecule has 0 unspecified atom stereocenters. The van der Waals surface area contributed by atoms with Crippen molar-refractivity contribution in [2.24, 2.45) is 5.73 Å². The number of para-hydroxylation sites is 2. The Balaban J connectivity index is 1.30. The van der Waals surface area contributed by atoms with Crippen LogP contribution in [0.1, 0.15) is 18.4 Å². The number of nitrogens with zero attached hydrogens (tertiary/aromatic N) is 2. The largest absolute Gasteiger partial charge is 0.495 e. The predicted octanol–water partition coefficient (Wildman–Crippen LogP) is 2.84. The van der Waals surface area contributed by atoms with E-state index in [9.17, 15) is 4.79 Å². The van der Waals surface area contributed by atoms with Gasteiger partial charge in [-0.25, -0.2) is 4.79 Å². The zero-order valence-corrected chi connectivity index (χ0v) is 17.7. The van der Waals surface area contributed by atoms with Crippen LogP contribution in [0, 0.1) is 0 Å². The molecule has 0 atom stereocenters.